The molecule has 26 heavy (non-hydrogen) atoms. The molecule has 1 atom stereocenters. The van der Waals surface area contributed by atoms with Crippen LogP contribution < -0.4 is 10.1 Å². The normalized spacial score (nSPS) is 11.9. The molecule has 0 bridgehead atoms. The highest BCUT2D eigenvalue weighted by atomic mass is 19.1. The van der Waals surface area contributed by atoms with Crippen LogP contribution in [0.3, 0.4) is 0 Å². The van der Waals surface area contributed by atoms with E-state index in [4.69, 9.17) is 4.74 Å². The molecule has 2 amide bonds. The van der Waals surface area contributed by atoms with Crippen molar-refractivity contribution in [2.75, 3.05) is 34.8 Å². The van der Waals surface area contributed by atoms with Crippen LogP contribution in [-0.2, 0) is 6.54 Å². The van der Waals surface area contributed by atoms with Crippen LogP contribution in [0.2, 0.25) is 0 Å². The van der Waals surface area contributed by atoms with Crippen LogP contribution in [0.15, 0.2) is 48.5 Å². The zero-order chi connectivity index (χ0) is 19.1. The average Bonchev–Trinajstić information content (AvgIpc) is 2.61. The summed E-state index contributed by atoms with van der Waals surface area (Å²) in [6.07, 6.45) is 0. The topological polar surface area (TPSA) is 44.8 Å². The molecule has 0 saturated heterocycles. The van der Waals surface area contributed by atoms with E-state index < -0.39 is 0 Å². The van der Waals surface area contributed by atoms with Crippen molar-refractivity contribution in [3.05, 3.63) is 65.5 Å². The minimum absolute atomic E-state index is 0.0108. The van der Waals surface area contributed by atoms with E-state index in [1.54, 1.807) is 26.3 Å². The second-order valence-electron chi connectivity index (χ2n) is 6.43. The first-order valence-corrected chi connectivity index (χ1v) is 8.44. The number of hydrogen-bond acceptors (Lipinski definition) is 3. The van der Waals surface area contributed by atoms with Gasteiger partial charge in [0.1, 0.15) is 11.6 Å². The number of amides is 2. The van der Waals surface area contributed by atoms with Crippen molar-refractivity contribution in [3.8, 4) is 5.75 Å². The lowest BCUT2D eigenvalue weighted by Crippen LogP contribution is -2.41. The Bertz CT molecular complexity index is 737. The number of benzene rings is 2. The summed E-state index contributed by atoms with van der Waals surface area (Å²) >= 11 is 0. The lowest BCUT2D eigenvalue weighted by Gasteiger charge is -2.27. The van der Waals surface area contributed by atoms with Gasteiger partial charge in [0.2, 0.25) is 0 Å². The Hall–Kier alpha value is -2.60. The summed E-state index contributed by atoms with van der Waals surface area (Å²) in [5.41, 5.74) is 1.81. The molecule has 0 heterocycles. The Morgan fingerprint density at radius 1 is 1.15 bits per heavy atom. The number of carbonyl (C=O) groups excluding carboxylic acids is 1. The van der Waals surface area contributed by atoms with Crippen LogP contribution in [0.25, 0.3) is 0 Å². The average molecular weight is 359 g/mol. The number of methoxy groups -OCH3 is 1. The van der Waals surface area contributed by atoms with Gasteiger partial charge in [-0.25, -0.2) is 9.18 Å². The number of rotatable bonds is 7. The molecule has 0 aliphatic heterocycles. The molecule has 1 N–H and O–H groups in total. The number of halogens is 1. The smallest absolute Gasteiger partial charge is 0.317 e. The molecule has 5 nitrogen and oxygen atoms in total. The number of ether oxygens (including phenoxy) is 1. The van der Waals surface area contributed by atoms with Gasteiger partial charge < -0.3 is 19.9 Å². The third kappa shape index (κ3) is 5.46. The molecule has 0 spiro atoms. The lowest BCUT2D eigenvalue weighted by atomic mass is 10.1. The molecule has 1 unspecified atom stereocenters. The van der Waals surface area contributed by atoms with Crippen molar-refractivity contribution in [3.63, 3.8) is 0 Å². The molecular weight excluding hydrogens is 333 g/mol. The summed E-state index contributed by atoms with van der Waals surface area (Å²) in [5, 5.41) is 2.95. The maximum atomic E-state index is 13.3. The third-order valence-corrected chi connectivity index (χ3v) is 4.20. The second-order valence-corrected chi connectivity index (χ2v) is 6.43. The van der Waals surface area contributed by atoms with Gasteiger partial charge in [-0.05, 0) is 49.5 Å². The van der Waals surface area contributed by atoms with E-state index in [0.29, 0.717) is 13.1 Å². The van der Waals surface area contributed by atoms with E-state index in [1.807, 2.05) is 43.3 Å². The minimum Gasteiger partial charge on any atom is -0.497 e. The zero-order valence-corrected chi connectivity index (χ0v) is 15.7. The number of hydrogen-bond donors (Lipinski definition) is 1. The predicted octanol–water partition coefficient (Wildman–Crippen LogP) is 3.28. The van der Waals surface area contributed by atoms with Crippen LogP contribution >= 0.6 is 0 Å². The van der Waals surface area contributed by atoms with Gasteiger partial charge in [-0.2, -0.15) is 0 Å². The fourth-order valence-electron chi connectivity index (χ4n) is 2.75. The molecule has 0 fully saturated rings. The summed E-state index contributed by atoms with van der Waals surface area (Å²) in [6.45, 7) is 0.794. The first-order valence-electron chi connectivity index (χ1n) is 8.44. The van der Waals surface area contributed by atoms with E-state index in [0.717, 1.165) is 16.9 Å². The fourth-order valence-corrected chi connectivity index (χ4v) is 2.75. The zero-order valence-electron chi connectivity index (χ0n) is 15.7. The molecule has 140 valence electrons. The van der Waals surface area contributed by atoms with E-state index in [9.17, 15) is 9.18 Å². The SMILES string of the molecule is COc1cccc(C(CNC(=O)N(C)Cc2cccc(F)c2)N(C)C)c1. The molecule has 2 aromatic rings. The molecule has 2 rings (SSSR count). The summed E-state index contributed by atoms with van der Waals surface area (Å²) in [4.78, 5) is 16.0. The largest absolute Gasteiger partial charge is 0.497 e. The second kappa shape index (κ2) is 9.20. The van der Waals surface area contributed by atoms with Crippen molar-refractivity contribution in [2.24, 2.45) is 0 Å². The molecule has 0 radical (unpaired) electrons. The Morgan fingerprint density at radius 2 is 1.88 bits per heavy atom. The number of urea groups is 1. The summed E-state index contributed by atoms with van der Waals surface area (Å²) in [5.74, 6) is 0.478. The van der Waals surface area contributed by atoms with Crippen LogP contribution in [0.5, 0.6) is 5.75 Å². The van der Waals surface area contributed by atoms with Crippen molar-refractivity contribution in [2.45, 2.75) is 12.6 Å². The van der Waals surface area contributed by atoms with E-state index in [-0.39, 0.29) is 17.9 Å². The van der Waals surface area contributed by atoms with E-state index >= 15 is 0 Å². The summed E-state index contributed by atoms with van der Waals surface area (Å²) < 4.78 is 18.6. The number of nitrogens with zero attached hydrogens (tertiary/aromatic N) is 2. The monoisotopic (exact) mass is 359 g/mol. The van der Waals surface area contributed by atoms with Crippen LogP contribution in [-0.4, -0.2) is 50.6 Å². The Kier molecular flexibility index (Phi) is 6.97. The maximum absolute atomic E-state index is 13.3. The van der Waals surface area contributed by atoms with Gasteiger partial charge in [-0.3, -0.25) is 0 Å². The van der Waals surface area contributed by atoms with Crippen molar-refractivity contribution in [1.82, 2.24) is 15.1 Å². The Morgan fingerprint density at radius 3 is 2.54 bits per heavy atom. The van der Waals surface area contributed by atoms with Crippen LogP contribution in [0, 0.1) is 5.82 Å². The van der Waals surface area contributed by atoms with Gasteiger partial charge in [-0.1, -0.05) is 24.3 Å². The first-order chi connectivity index (χ1) is 12.4. The van der Waals surface area contributed by atoms with Gasteiger partial charge in [0.25, 0.3) is 0 Å². The molecule has 0 aromatic heterocycles. The van der Waals surface area contributed by atoms with Gasteiger partial charge in [0, 0.05) is 20.1 Å². The minimum atomic E-state index is -0.304. The number of nitrogens with one attached hydrogen (secondary N) is 1. The molecule has 2 aromatic carbocycles. The molecule has 0 aliphatic carbocycles. The van der Waals surface area contributed by atoms with Crippen molar-refractivity contribution >= 4 is 6.03 Å². The van der Waals surface area contributed by atoms with Gasteiger partial charge in [-0.15, -0.1) is 0 Å². The molecule has 6 heteroatoms. The molecule has 0 saturated carbocycles. The highest BCUT2D eigenvalue weighted by Gasteiger charge is 2.17. The maximum Gasteiger partial charge on any atom is 0.317 e. The summed E-state index contributed by atoms with van der Waals surface area (Å²) in [6, 6.07) is 13.9. The highest BCUT2D eigenvalue weighted by Crippen LogP contribution is 2.22. The Labute approximate surface area is 154 Å². The van der Waals surface area contributed by atoms with Gasteiger partial charge in [0.15, 0.2) is 0 Å². The first kappa shape index (κ1) is 19.7. The summed E-state index contributed by atoms with van der Waals surface area (Å²) in [7, 11) is 7.25. The van der Waals surface area contributed by atoms with Gasteiger partial charge in [0.05, 0.1) is 13.2 Å². The van der Waals surface area contributed by atoms with Crippen molar-refractivity contribution < 1.29 is 13.9 Å². The van der Waals surface area contributed by atoms with Crippen LogP contribution in [0.1, 0.15) is 17.2 Å². The van der Waals surface area contributed by atoms with Crippen molar-refractivity contribution in [1.29, 1.82) is 0 Å². The standard InChI is InChI=1S/C20H26FN3O2/c1-23(2)19(16-8-6-10-18(12-16)26-4)13-22-20(25)24(3)14-15-7-5-9-17(21)11-15/h5-12,19H,13-14H2,1-4H3,(H,22,25). The number of likely N-dealkylation sites (N-methyl/N-ethyl adjacent to an activating group) is 1. The van der Waals surface area contributed by atoms with E-state index in [2.05, 4.69) is 5.32 Å². The lowest BCUT2D eigenvalue weighted by molar-refractivity contribution is 0.200. The molecule has 0 aliphatic rings. The Balaban J connectivity index is 1.98. The highest BCUT2D eigenvalue weighted by molar-refractivity contribution is 5.73. The predicted molar refractivity (Wildman–Crippen MR) is 101 cm³/mol. The molecular formula is C20H26FN3O2. The fraction of sp³-hybridized carbons (Fsp3) is 0.350. The third-order valence-electron chi connectivity index (χ3n) is 4.20. The van der Waals surface area contributed by atoms with E-state index in [1.165, 1.54) is 17.0 Å². The quantitative estimate of drug-likeness (QED) is 0.825. The number of carbonyl (C=O) groups is 1. The van der Waals surface area contributed by atoms with Gasteiger partial charge >= 0.3 is 6.03 Å². The van der Waals surface area contributed by atoms with Crippen LogP contribution in [0.4, 0.5) is 9.18 Å².